The highest BCUT2D eigenvalue weighted by atomic mass is 15.0. The van der Waals surface area contributed by atoms with Crippen molar-refractivity contribution in [1.29, 1.82) is 0 Å². The van der Waals surface area contributed by atoms with E-state index in [0.29, 0.717) is 5.82 Å². The molecule has 0 radical (unpaired) electrons. The van der Waals surface area contributed by atoms with E-state index in [1.807, 2.05) is 12.1 Å². The largest absolute Gasteiger partial charge is 0.309 e. The Labute approximate surface area is 291 Å². The molecule has 1 aliphatic carbocycles. The number of rotatable bonds is 4. The number of aromatic nitrogens is 3. The van der Waals surface area contributed by atoms with Gasteiger partial charge in [-0.1, -0.05) is 153 Å². The fourth-order valence-corrected chi connectivity index (χ4v) is 8.33. The van der Waals surface area contributed by atoms with Crippen LogP contribution in [0.15, 0.2) is 164 Å². The van der Waals surface area contributed by atoms with E-state index in [9.17, 15) is 0 Å². The molecule has 0 amide bonds. The first-order valence-corrected chi connectivity index (χ1v) is 17.3. The molecular formula is C47H33N3. The first-order valence-electron chi connectivity index (χ1n) is 17.3. The van der Waals surface area contributed by atoms with E-state index < -0.39 is 0 Å². The smallest absolute Gasteiger partial charge is 0.160 e. The van der Waals surface area contributed by atoms with Crippen molar-refractivity contribution < 1.29 is 0 Å². The van der Waals surface area contributed by atoms with Gasteiger partial charge in [0.2, 0.25) is 0 Å². The standard InChI is InChI=1S/C47H33N3/c1-47(2)38-26-13-11-24-36(38)42-34-22-9-10-23-35(34)43-37-25-12-14-27-41(37)50(45(43)44(42)47)33-21-15-20-32(28-33)46-48-39(30-16-5-3-6-17-30)29-40(49-46)31-18-7-4-8-19-31/h3-29H,1-2H3. The van der Waals surface area contributed by atoms with Crippen molar-refractivity contribution in [3.63, 3.8) is 0 Å². The summed E-state index contributed by atoms with van der Waals surface area (Å²) in [6.07, 6.45) is 0. The summed E-state index contributed by atoms with van der Waals surface area (Å²) in [5.41, 5.74) is 13.7. The molecule has 3 heteroatoms. The predicted molar refractivity (Wildman–Crippen MR) is 208 cm³/mol. The number of hydrogen-bond acceptors (Lipinski definition) is 2. The molecule has 0 bridgehead atoms. The van der Waals surface area contributed by atoms with Crippen LogP contribution < -0.4 is 0 Å². The fourth-order valence-electron chi connectivity index (χ4n) is 8.33. The minimum Gasteiger partial charge on any atom is -0.309 e. The highest BCUT2D eigenvalue weighted by Crippen LogP contribution is 2.56. The fraction of sp³-hybridized carbons (Fsp3) is 0.0638. The molecule has 0 aliphatic heterocycles. The minimum atomic E-state index is -0.199. The summed E-state index contributed by atoms with van der Waals surface area (Å²) in [5.74, 6) is 0.705. The van der Waals surface area contributed by atoms with Gasteiger partial charge in [-0.3, -0.25) is 0 Å². The first-order chi connectivity index (χ1) is 24.6. The number of hydrogen-bond donors (Lipinski definition) is 0. The molecule has 0 saturated heterocycles. The molecule has 9 aromatic rings. The molecule has 0 N–H and O–H groups in total. The average molecular weight is 640 g/mol. The van der Waals surface area contributed by atoms with E-state index in [2.05, 4.69) is 170 Å². The summed E-state index contributed by atoms with van der Waals surface area (Å²) in [5, 5.41) is 5.15. The summed E-state index contributed by atoms with van der Waals surface area (Å²) in [6.45, 7) is 4.77. The molecule has 7 aromatic carbocycles. The second kappa shape index (κ2) is 10.8. The average Bonchev–Trinajstić information content (AvgIpc) is 3.65. The summed E-state index contributed by atoms with van der Waals surface area (Å²) in [4.78, 5) is 10.4. The normalized spacial score (nSPS) is 13.2. The lowest BCUT2D eigenvalue weighted by atomic mass is 9.80. The van der Waals surface area contributed by atoms with E-state index in [-0.39, 0.29) is 5.41 Å². The van der Waals surface area contributed by atoms with Crippen molar-refractivity contribution >= 4 is 32.6 Å². The van der Waals surface area contributed by atoms with Gasteiger partial charge in [0.1, 0.15) is 0 Å². The lowest BCUT2D eigenvalue weighted by molar-refractivity contribution is 0.664. The van der Waals surface area contributed by atoms with Crippen LogP contribution in [-0.2, 0) is 5.41 Å². The zero-order valence-corrected chi connectivity index (χ0v) is 27.9. The Kier molecular flexibility index (Phi) is 6.22. The molecule has 0 unspecified atom stereocenters. The quantitative estimate of drug-likeness (QED) is 0.192. The van der Waals surface area contributed by atoms with Crippen molar-refractivity contribution in [2.75, 3.05) is 0 Å². The monoisotopic (exact) mass is 639 g/mol. The van der Waals surface area contributed by atoms with Gasteiger partial charge >= 0.3 is 0 Å². The van der Waals surface area contributed by atoms with Gasteiger partial charge < -0.3 is 4.57 Å². The summed E-state index contributed by atoms with van der Waals surface area (Å²) in [6, 6.07) is 58.4. The number of para-hydroxylation sites is 1. The third kappa shape index (κ3) is 4.17. The van der Waals surface area contributed by atoms with Crippen molar-refractivity contribution in [3.8, 4) is 50.7 Å². The highest BCUT2D eigenvalue weighted by Gasteiger charge is 2.40. The molecule has 0 atom stereocenters. The second-order valence-electron chi connectivity index (χ2n) is 13.8. The predicted octanol–water partition coefficient (Wildman–Crippen LogP) is 12.0. The molecule has 10 rings (SSSR count). The lowest BCUT2D eigenvalue weighted by Crippen LogP contribution is -2.16. The van der Waals surface area contributed by atoms with Crippen LogP contribution in [0.2, 0.25) is 0 Å². The van der Waals surface area contributed by atoms with Gasteiger partial charge in [0.25, 0.3) is 0 Å². The molecular weight excluding hydrogens is 607 g/mol. The Balaban J connectivity index is 1.28. The minimum absolute atomic E-state index is 0.199. The third-order valence-corrected chi connectivity index (χ3v) is 10.5. The Morgan fingerprint density at radius 1 is 0.500 bits per heavy atom. The molecule has 3 nitrogen and oxygen atoms in total. The van der Waals surface area contributed by atoms with Crippen molar-refractivity contribution in [3.05, 3.63) is 175 Å². The van der Waals surface area contributed by atoms with Gasteiger partial charge in [-0.25, -0.2) is 9.97 Å². The Bertz CT molecular complexity index is 2720. The van der Waals surface area contributed by atoms with Gasteiger partial charge in [-0.05, 0) is 57.3 Å². The zero-order valence-electron chi connectivity index (χ0n) is 27.9. The van der Waals surface area contributed by atoms with Gasteiger partial charge in [-0.15, -0.1) is 0 Å². The molecule has 0 spiro atoms. The first kappa shape index (κ1) is 28.7. The third-order valence-electron chi connectivity index (χ3n) is 10.5. The van der Waals surface area contributed by atoms with Crippen LogP contribution in [0.3, 0.4) is 0 Å². The van der Waals surface area contributed by atoms with Gasteiger partial charge in [0.15, 0.2) is 5.82 Å². The Morgan fingerprint density at radius 2 is 1.08 bits per heavy atom. The molecule has 50 heavy (non-hydrogen) atoms. The SMILES string of the molecule is CC1(C)c2ccccc2-c2c1c1c(c3ccccc23)c2ccccc2n1-c1cccc(-c2nc(-c3ccccc3)cc(-c3ccccc3)n2)c1. The lowest BCUT2D eigenvalue weighted by Gasteiger charge is -2.24. The number of fused-ring (bicyclic) bond motifs is 10. The maximum absolute atomic E-state index is 5.18. The summed E-state index contributed by atoms with van der Waals surface area (Å²) < 4.78 is 2.49. The van der Waals surface area contributed by atoms with Crippen LogP contribution in [-0.4, -0.2) is 14.5 Å². The van der Waals surface area contributed by atoms with Crippen LogP contribution in [0.4, 0.5) is 0 Å². The van der Waals surface area contributed by atoms with E-state index in [0.717, 1.165) is 33.8 Å². The van der Waals surface area contributed by atoms with E-state index >= 15 is 0 Å². The van der Waals surface area contributed by atoms with Crippen molar-refractivity contribution in [2.45, 2.75) is 19.3 Å². The maximum atomic E-state index is 5.18. The van der Waals surface area contributed by atoms with Gasteiger partial charge in [-0.2, -0.15) is 0 Å². The number of benzene rings is 7. The van der Waals surface area contributed by atoms with E-state index in [1.165, 1.54) is 54.8 Å². The topological polar surface area (TPSA) is 30.7 Å². The Hall–Kier alpha value is -6.32. The van der Waals surface area contributed by atoms with Crippen molar-refractivity contribution in [2.24, 2.45) is 0 Å². The molecule has 1 aliphatic rings. The second-order valence-corrected chi connectivity index (χ2v) is 13.8. The van der Waals surface area contributed by atoms with Gasteiger partial charge in [0.05, 0.1) is 22.4 Å². The van der Waals surface area contributed by atoms with Crippen LogP contribution in [0.1, 0.15) is 25.0 Å². The Morgan fingerprint density at radius 3 is 1.80 bits per heavy atom. The van der Waals surface area contributed by atoms with E-state index in [1.54, 1.807) is 0 Å². The van der Waals surface area contributed by atoms with Crippen molar-refractivity contribution in [1.82, 2.24) is 14.5 Å². The molecule has 0 fully saturated rings. The molecule has 2 heterocycles. The van der Waals surface area contributed by atoms with Crippen LogP contribution in [0.25, 0.3) is 83.3 Å². The number of nitrogens with zero attached hydrogens (tertiary/aromatic N) is 3. The molecule has 236 valence electrons. The zero-order chi connectivity index (χ0) is 33.4. The van der Waals surface area contributed by atoms with Crippen LogP contribution in [0, 0.1) is 0 Å². The van der Waals surface area contributed by atoms with Crippen LogP contribution in [0.5, 0.6) is 0 Å². The molecule has 2 aromatic heterocycles. The van der Waals surface area contributed by atoms with Gasteiger partial charge in [0, 0.05) is 38.6 Å². The van der Waals surface area contributed by atoms with E-state index in [4.69, 9.17) is 9.97 Å². The summed E-state index contributed by atoms with van der Waals surface area (Å²) >= 11 is 0. The summed E-state index contributed by atoms with van der Waals surface area (Å²) in [7, 11) is 0. The van der Waals surface area contributed by atoms with Crippen LogP contribution >= 0.6 is 0 Å². The molecule has 0 saturated carbocycles. The maximum Gasteiger partial charge on any atom is 0.160 e. The highest BCUT2D eigenvalue weighted by molar-refractivity contribution is 6.27.